The number of nitrogens with zero attached hydrogens (tertiary/aromatic N) is 5. The van der Waals surface area contributed by atoms with E-state index in [1.807, 2.05) is 6.92 Å². The van der Waals surface area contributed by atoms with Crippen molar-refractivity contribution in [2.45, 2.75) is 46.7 Å². The molecule has 0 aliphatic heterocycles. The van der Waals surface area contributed by atoms with Crippen LogP contribution in [0.25, 0.3) is 0 Å². The molecule has 1 heterocycles. The maximum atomic E-state index is 5.42. The number of aromatic nitrogens is 3. The molecule has 0 spiro atoms. The van der Waals surface area contributed by atoms with E-state index in [-0.39, 0.29) is 0 Å². The second kappa shape index (κ2) is 12.1. The predicted octanol–water partition coefficient (Wildman–Crippen LogP) is 2.65. The van der Waals surface area contributed by atoms with E-state index in [1.54, 1.807) is 6.33 Å². The fourth-order valence-electron chi connectivity index (χ4n) is 2.88. The highest BCUT2D eigenvalue weighted by molar-refractivity contribution is 5.79. The van der Waals surface area contributed by atoms with Crippen LogP contribution in [0.4, 0.5) is 0 Å². The SMILES string of the molecule is CCOCCCN=C(NCCn1cnnc1CC)N(C)Cc1ccc(C)cc1. The van der Waals surface area contributed by atoms with Crippen molar-refractivity contribution in [3.05, 3.63) is 47.5 Å². The Morgan fingerprint density at radius 3 is 2.75 bits per heavy atom. The molecule has 2 aromatic rings. The van der Waals surface area contributed by atoms with Gasteiger partial charge >= 0.3 is 0 Å². The van der Waals surface area contributed by atoms with Crippen LogP contribution < -0.4 is 5.32 Å². The molecule has 2 rings (SSSR count). The van der Waals surface area contributed by atoms with Crippen LogP contribution in [0.2, 0.25) is 0 Å². The van der Waals surface area contributed by atoms with Crippen molar-refractivity contribution >= 4 is 5.96 Å². The molecule has 0 fully saturated rings. The maximum Gasteiger partial charge on any atom is 0.194 e. The quantitative estimate of drug-likeness (QED) is 0.365. The second-order valence-electron chi connectivity index (χ2n) is 6.82. The van der Waals surface area contributed by atoms with Gasteiger partial charge in [-0.1, -0.05) is 36.8 Å². The first-order valence-electron chi connectivity index (χ1n) is 10.1. The molecule has 1 N–H and O–H groups in total. The van der Waals surface area contributed by atoms with Gasteiger partial charge in [-0.2, -0.15) is 0 Å². The lowest BCUT2D eigenvalue weighted by atomic mass is 10.1. The Morgan fingerprint density at radius 2 is 2.04 bits per heavy atom. The van der Waals surface area contributed by atoms with E-state index < -0.39 is 0 Å². The molecule has 0 saturated heterocycles. The second-order valence-corrected chi connectivity index (χ2v) is 6.82. The minimum absolute atomic E-state index is 0.743. The first kappa shape index (κ1) is 21.9. The summed E-state index contributed by atoms with van der Waals surface area (Å²) >= 11 is 0. The van der Waals surface area contributed by atoms with Gasteiger partial charge in [0.05, 0.1) is 0 Å². The first-order chi connectivity index (χ1) is 13.6. The van der Waals surface area contributed by atoms with Gasteiger partial charge in [0.1, 0.15) is 12.2 Å². The molecule has 0 aliphatic rings. The van der Waals surface area contributed by atoms with Gasteiger partial charge in [-0.05, 0) is 25.8 Å². The van der Waals surface area contributed by atoms with E-state index in [9.17, 15) is 0 Å². The van der Waals surface area contributed by atoms with Gasteiger partial charge in [-0.3, -0.25) is 4.99 Å². The zero-order chi connectivity index (χ0) is 20.2. The third kappa shape index (κ3) is 7.31. The molecule has 0 amide bonds. The van der Waals surface area contributed by atoms with Gasteiger partial charge < -0.3 is 19.5 Å². The molecule has 0 radical (unpaired) electrons. The van der Waals surface area contributed by atoms with Crippen LogP contribution in [0.3, 0.4) is 0 Å². The van der Waals surface area contributed by atoms with E-state index in [2.05, 4.69) is 70.1 Å². The third-order valence-electron chi connectivity index (χ3n) is 4.46. The van der Waals surface area contributed by atoms with E-state index >= 15 is 0 Å². The standard InChI is InChI=1S/C21H34N6O/c1-5-20-25-24-17-27(20)14-13-23-21(22-12-7-15-28-6-2)26(4)16-19-10-8-18(3)9-11-19/h8-11,17H,5-7,12-16H2,1-4H3,(H,22,23). The number of nitrogens with one attached hydrogen (secondary N) is 1. The lowest BCUT2D eigenvalue weighted by Crippen LogP contribution is -2.40. The molecule has 0 saturated carbocycles. The molecular weight excluding hydrogens is 352 g/mol. The number of benzene rings is 1. The van der Waals surface area contributed by atoms with Crippen LogP contribution in [-0.4, -0.2) is 59.0 Å². The van der Waals surface area contributed by atoms with E-state index in [1.165, 1.54) is 11.1 Å². The highest BCUT2D eigenvalue weighted by Gasteiger charge is 2.08. The highest BCUT2D eigenvalue weighted by Crippen LogP contribution is 2.06. The van der Waals surface area contributed by atoms with Gasteiger partial charge in [0, 0.05) is 52.9 Å². The molecule has 1 aromatic carbocycles. The van der Waals surface area contributed by atoms with Crippen molar-refractivity contribution in [1.29, 1.82) is 0 Å². The Kier molecular flexibility index (Phi) is 9.48. The van der Waals surface area contributed by atoms with Crippen LogP contribution in [0, 0.1) is 6.92 Å². The normalized spacial score (nSPS) is 11.6. The number of hydrogen-bond acceptors (Lipinski definition) is 4. The first-order valence-corrected chi connectivity index (χ1v) is 10.1. The van der Waals surface area contributed by atoms with Crippen LogP contribution in [0.5, 0.6) is 0 Å². The Hall–Kier alpha value is -2.41. The number of guanidine groups is 1. The summed E-state index contributed by atoms with van der Waals surface area (Å²) in [4.78, 5) is 6.95. The predicted molar refractivity (Wildman–Crippen MR) is 113 cm³/mol. The fourth-order valence-corrected chi connectivity index (χ4v) is 2.88. The molecule has 154 valence electrons. The molecule has 1 aromatic heterocycles. The summed E-state index contributed by atoms with van der Waals surface area (Å²) in [5.74, 6) is 1.91. The van der Waals surface area contributed by atoms with Crippen molar-refractivity contribution in [3.8, 4) is 0 Å². The smallest absolute Gasteiger partial charge is 0.194 e. The average Bonchev–Trinajstić information content (AvgIpc) is 3.15. The highest BCUT2D eigenvalue weighted by atomic mass is 16.5. The zero-order valence-corrected chi connectivity index (χ0v) is 17.7. The molecule has 0 unspecified atom stereocenters. The maximum absolute atomic E-state index is 5.42. The van der Waals surface area contributed by atoms with Crippen LogP contribution in [-0.2, 0) is 24.2 Å². The summed E-state index contributed by atoms with van der Waals surface area (Å²) in [7, 11) is 2.07. The van der Waals surface area contributed by atoms with Crippen molar-refractivity contribution < 1.29 is 4.74 Å². The monoisotopic (exact) mass is 386 g/mol. The van der Waals surface area contributed by atoms with E-state index in [0.717, 1.165) is 64.0 Å². The lowest BCUT2D eigenvalue weighted by molar-refractivity contribution is 0.146. The van der Waals surface area contributed by atoms with E-state index in [0.29, 0.717) is 0 Å². The van der Waals surface area contributed by atoms with Gasteiger partial charge in [-0.15, -0.1) is 10.2 Å². The molecular formula is C21H34N6O. The summed E-state index contributed by atoms with van der Waals surface area (Å²) in [6, 6.07) is 8.63. The topological polar surface area (TPSA) is 67.6 Å². The molecule has 0 aliphatic carbocycles. The summed E-state index contributed by atoms with van der Waals surface area (Å²) in [5, 5.41) is 11.6. The minimum Gasteiger partial charge on any atom is -0.382 e. The molecule has 28 heavy (non-hydrogen) atoms. The van der Waals surface area contributed by atoms with Crippen molar-refractivity contribution in [2.24, 2.45) is 4.99 Å². The Bertz CT molecular complexity index is 710. The summed E-state index contributed by atoms with van der Waals surface area (Å²) in [6.45, 7) is 10.8. The summed E-state index contributed by atoms with van der Waals surface area (Å²) in [5.41, 5.74) is 2.54. The van der Waals surface area contributed by atoms with Crippen LogP contribution in [0.1, 0.15) is 37.2 Å². The van der Waals surface area contributed by atoms with Gasteiger partial charge in [-0.25, -0.2) is 0 Å². The average molecular weight is 387 g/mol. The number of rotatable bonds is 11. The number of aliphatic imine (C=N–C) groups is 1. The summed E-state index contributed by atoms with van der Waals surface area (Å²) < 4.78 is 7.50. The Labute approximate surface area is 168 Å². The van der Waals surface area contributed by atoms with Crippen molar-refractivity contribution in [3.63, 3.8) is 0 Å². The largest absolute Gasteiger partial charge is 0.382 e. The van der Waals surface area contributed by atoms with Gasteiger partial charge in [0.2, 0.25) is 0 Å². The van der Waals surface area contributed by atoms with Crippen molar-refractivity contribution in [2.75, 3.05) is 33.4 Å². The fraction of sp³-hybridized carbons (Fsp3) is 0.571. The lowest BCUT2D eigenvalue weighted by Gasteiger charge is -2.23. The third-order valence-corrected chi connectivity index (χ3v) is 4.46. The van der Waals surface area contributed by atoms with Crippen LogP contribution in [0.15, 0.2) is 35.6 Å². The van der Waals surface area contributed by atoms with E-state index in [4.69, 9.17) is 9.73 Å². The molecule has 7 heteroatoms. The molecule has 0 atom stereocenters. The Balaban J connectivity index is 1.94. The van der Waals surface area contributed by atoms with Crippen molar-refractivity contribution in [1.82, 2.24) is 25.0 Å². The Morgan fingerprint density at radius 1 is 1.25 bits per heavy atom. The van der Waals surface area contributed by atoms with Gasteiger partial charge in [0.25, 0.3) is 0 Å². The van der Waals surface area contributed by atoms with Gasteiger partial charge in [0.15, 0.2) is 5.96 Å². The number of aryl methyl sites for hydroxylation is 2. The number of ether oxygens (including phenoxy) is 1. The minimum atomic E-state index is 0.743. The van der Waals surface area contributed by atoms with Crippen LogP contribution >= 0.6 is 0 Å². The summed E-state index contributed by atoms with van der Waals surface area (Å²) in [6.07, 6.45) is 3.59. The molecule has 0 bridgehead atoms. The zero-order valence-electron chi connectivity index (χ0n) is 17.7. The number of hydrogen-bond donors (Lipinski definition) is 1. The molecule has 7 nitrogen and oxygen atoms in total.